The third-order valence-corrected chi connectivity index (χ3v) is 3.27. The zero-order valence-electron chi connectivity index (χ0n) is 12.0. The number of aromatic nitrogens is 2. The molecular weight excluding hydrogens is 256 g/mol. The van der Waals surface area contributed by atoms with Crippen LogP contribution in [-0.2, 0) is 4.79 Å². The van der Waals surface area contributed by atoms with E-state index in [4.69, 9.17) is 4.42 Å². The van der Waals surface area contributed by atoms with Crippen molar-refractivity contribution in [3.05, 3.63) is 30.2 Å². The Morgan fingerprint density at radius 3 is 2.65 bits per heavy atom. The van der Waals surface area contributed by atoms with Gasteiger partial charge in [0.2, 0.25) is 18.2 Å². The van der Waals surface area contributed by atoms with E-state index in [1.165, 1.54) is 6.39 Å². The summed E-state index contributed by atoms with van der Waals surface area (Å²) in [6.07, 6.45) is 1.29. The van der Waals surface area contributed by atoms with Gasteiger partial charge >= 0.3 is 0 Å². The molecule has 1 amide bonds. The summed E-state index contributed by atoms with van der Waals surface area (Å²) in [6, 6.07) is 5.57. The van der Waals surface area contributed by atoms with E-state index in [9.17, 15) is 4.79 Å². The Morgan fingerprint density at radius 1 is 1.35 bits per heavy atom. The number of hydrogen-bond acceptors (Lipinski definition) is 5. The highest BCUT2D eigenvalue weighted by Crippen LogP contribution is 2.23. The predicted octanol–water partition coefficient (Wildman–Crippen LogP) is 1.98. The molecule has 0 atom stereocenters. The van der Waals surface area contributed by atoms with Crippen molar-refractivity contribution in [2.45, 2.75) is 26.3 Å². The average Bonchev–Trinajstić information content (AvgIpc) is 2.94. The third-order valence-electron chi connectivity index (χ3n) is 3.27. The largest absolute Gasteiger partial charge is 0.423 e. The summed E-state index contributed by atoms with van der Waals surface area (Å²) < 4.78 is 5.15. The maximum Gasteiger partial charge on any atom is 0.247 e. The van der Waals surface area contributed by atoms with Gasteiger partial charge in [-0.1, -0.05) is 0 Å². The zero-order chi connectivity index (χ0) is 14.8. The van der Waals surface area contributed by atoms with Crippen molar-refractivity contribution in [2.75, 3.05) is 12.4 Å². The lowest BCUT2D eigenvalue weighted by Gasteiger charge is -2.23. The SMILES string of the molecule is CNC(C)(C)C(=O)Nc1ccc(-c2nnco2)cc1C. The maximum atomic E-state index is 12.1. The number of likely N-dealkylation sites (N-methyl/N-ethyl adjacent to an activating group) is 1. The van der Waals surface area contributed by atoms with E-state index >= 15 is 0 Å². The molecule has 2 N–H and O–H groups in total. The fourth-order valence-electron chi connectivity index (χ4n) is 1.63. The highest BCUT2D eigenvalue weighted by atomic mass is 16.4. The maximum absolute atomic E-state index is 12.1. The number of aryl methyl sites for hydroxylation is 1. The van der Waals surface area contributed by atoms with Crippen LogP contribution < -0.4 is 10.6 Å². The molecule has 2 rings (SSSR count). The number of anilines is 1. The lowest BCUT2D eigenvalue weighted by Crippen LogP contribution is -2.48. The summed E-state index contributed by atoms with van der Waals surface area (Å²) in [5, 5.41) is 13.4. The van der Waals surface area contributed by atoms with Gasteiger partial charge in [-0.2, -0.15) is 0 Å². The predicted molar refractivity (Wildman–Crippen MR) is 76.2 cm³/mol. The molecule has 0 radical (unpaired) electrons. The van der Waals surface area contributed by atoms with Crippen molar-refractivity contribution in [2.24, 2.45) is 0 Å². The normalized spacial score (nSPS) is 11.4. The highest BCUT2D eigenvalue weighted by molar-refractivity contribution is 5.98. The third kappa shape index (κ3) is 2.85. The molecule has 0 bridgehead atoms. The molecule has 0 unspecified atom stereocenters. The number of amides is 1. The molecule has 0 saturated carbocycles. The summed E-state index contributed by atoms with van der Waals surface area (Å²) in [5.41, 5.74) is 1.89. The fraction of sp³-hybridized carbons (Fsp3) is 0.357. The minimum Gasteiger partial charge on any atom is -0.423 e. The van der Waals surface area contributed by atoms with Crippen molar-refractivity contribution in [3.63, 3.8) is 0 Å². The van der Waals surface area contributed by atoms with Crippen molar-refractivity contribution < 1.29 is 9.21 Å². The minimum absolute atomic E-state index is 0.0892. The van der Waals surface area contributed by atoms with Gasteiger partial charge in [-0.15, -0.1) is 10.2 Å². The molecule has 1 aromatic heterocycles. The van der Waals surface area contributed by atoms with Crippen LogP contribution in [0.15, 0.2) is 29.0 Å². The van der Waals surface area contributed by atoms with E-state index < -0.39 is 5.54 Å². The van der Waals surface area contributed by atoms with E-state index in [-0.39, 0.29) is 5.91 Å². The van der Waals surface area contributed by atoms with Crippen LogP contribution in [0.2, 0.25) is 0 Å². The number of carbonyl (C=O) groups excluding carboxylic acids is 1. The Labute approximate surface area is 117 Å². The van der Waals surface area contributed by atoms with Gasteiger partial charge in [0.1, 0.15) is 0 Å². The van der Waals surface area contributed by atoms with Crippen LogP contribution in [0.25, 0.3) is 11.5 Å². The van der Waals surface area contributed by atoms with Gasteiger partial charge in [0.15, 0.2) is 0 Å². The van der Waals surface area contributed by atoms with E-state index in [0.717, 1.165) is 16.8 Å². The van der Waals surface area contributed by atoms with Crippen LogP contribution in [0.4, 0.5) is 5.69 Å². The number of nitrogens with zero attached hydrogens (tertiary/aromatic N) is 2. The molecule has 0 aliphatic carbocycles. The molecule has 1 aromatic carbocycles. The number of carbonyl (C=O) groups is 1. The molecule has 106 valence electrons. The lowest BCUT2D eigenvalue weighted by atomic mass is 10.0. The second-order valence-electron chi connectivity index (χ2n) is 5.10. The quantitative estimate of drug-likeness (QED) is 0.891. The van der Waals surface area contributed by atoms with E-state index in [2.05, 4.69) is 20.8 Å². The molecule has 1 heterocycles. The van der Waals surface area contributed by atoms with Gasteiger partial charge in [0.25, 0.3) is 0 Å². The Morgan fingerprint density at radius 2 is 2.10 bits per heavy atom. The molecule has 6 heteroatoms. The van der Waals surface area contributed by atoms with Crippen LogP contribution in [0.1, 0.15) is 19.4 Å². The van der Waals surface area contributed by atoms with Crippen LogP contribution in [0, 0.1) is 6.92 Å². The Kier molecular flexibility index (Phi) is 3.85. The molecule has 20 heavy (non-hydrogen) atoms. The topological polar surface area (TPSA) is 80.0 Å². The second-order valence-corrected chi connectivity index (χ2v) is 5.10. The van der Waals surface area contributed by atoms with Crippen molar-refractivity contribution in [1.82, 2.24) is 15.5 Å². The van der Waals surface area contributed by atoms with Crippen LogP contribution in [-0.4, -0.2) is 28.7 Å². The molecule has 0 fully saturated rings. The second kappa shape index (κ2) is 5.42. The summed E-state index contributed by atoms with van der Waals surface area (Å²) in [4.78, 5) is 12.1. The monoisotopic (exact) mass is 274 g/mol. The molecule has 0 aliphatic rings. The number of hydrogen-bond donors (Lipinski definition) is 2. The molecule has 6 nitrogen and oxygen atoms in total. The standard InChI is InChI=1S/C14H18N4O2/c1-9-7-10(12-18-16-8-20-12)5-6-11(9)17-13(19)14(2,3)15-4/h5-8,15H,1-4H3,(H,17,19). The molecule has 2 aromatic rings. The highest BCUT2D eigenvalue weighted by Gasteiger charge is 2.25. The summed E-state index contributed by atoms with van der Waals surface area (Å²) in [7, 11) is 1.76. The fourth-order valence-corrected chi connectivity index (χ4v) is 1.63. The smallest absolute Gasteiger partial charge is 0.247 e. The summed E-state index contributed by atoms with van der Waals surface area (Å²) in [6.45, 7) is 5.57. The van der Waals surface area contributed by atoms with Crippen LogP contribution in [0.5, 0.6) is 0 Å². The van der Waals surface area contributed by atoms with E-state index in [1.807, 2.05) is 39.0 Å². The van der Waals surface area contributed by atoms with Gasteiger partial charge in [-0.05, 0) is 51.6 Å². The van der Waals surface area contributed by atoms with Crippen molar-refractivity contribution >= 4 is 11.6 Å². The van der Waals surface area contributed by atoms with Crippen molar-refractivity contribution in [3.8, 4) is 11.5 Å². The van der Waals surface area contributed by atoms with E-state index in [1.54, 1.807) is 7.05 Å². The summed E-state index contributed by atoms with van der Waals surface area (Å²) >= 11 is 0. The number of nitrogens with one attached hydrogen (secondary N) is 2. The van der Waals surface area contributed by atoms with Gasteiger partial charge in [-0.3, -0.25) is 4.79 Å². The minimum atomic E-state index is -0.627. The number of benzene rings is 1. The molecule has 0 saturated heterocycles. The first-order valence-corrected chi connectivity index (χ1v) is 6.31. The zero-order valence-corrected chi connectivity index (χ0v) is 12.0. The van der Waals surface area contributed by atoms with Gasteiger partial charge in [-0.25, -0.2) is 0 Å². The first kappa shape index (κ1) is 14.2. The Hall–Kier alpha value is -2.21. The van der Waals surface area contributed by atoms with Gasteiger partial charge in [0.05, 0.1) is 5.54 Å². The first-order valence-electron chi connectivity index (χ1n) is 6.31. The molecule has 0 aliphatic heterocycles. The average molecular weight is 274 g/mol. The lowest BCUT2D eigenvalue weighted by molar-refractivity contribution is -0.121. The van der Waals surface area contributed by atoms with Gasteiger partial charge < -0.3 is 15.1 Å². The van der Waals surface area contributed by atoms with Crippen LogP contribution >= 0.6 is 0 Å². The summed E-state index contributed by atoms with van der Waals surface area (Å²) in [5.74, 6) is 0.371. The van der Waals surface area contributed by atoms with Gasteiger partial charge in [0, 0.05) is 11.3 Å². The Balaban J connectivity index is 2.21. The van der Waals surface area contributed by atoms with E-state index in [0.29, 0.717) is 5.89 Å². The molecule has 0 spiro atoms. The Bertz CT molecular complexity index is 606. The molecular formula is C14H18N4O2. The van der Waals surface area contributed by atoms with Crippen LogP contribution in [0.3, 0.4) is 0 Å². The number of rotatable bonds is 4. The first-order chi connectivity index (χ1) is 9.44. The van der Waals surface area contributed by atoms with Crippen molar-refractivity contribution in [1.29, 1.82) is 0 Å².